The molecule has 1 aromatic carbocycles. The molecule has 1 aliphatic carbocycles. The van der Waals surface area contributed by atoms with Crippen LogP contribution >= 0.6 is 0 Å². The van der Waals surface area contributed by atoms with Gasteiger partial charge in [-0.25, -0.2) is 4.79 Å². The number of hydrogen-bond donors (Lipinski definition) is 2. The van der Waals surface area contributed by atoms with Gasteiger partial charge in [0, 0.05) is 24.4 Å². The Labute approximate surface area is 212 Å². The summed E-state index contributed by atoms with van der Waals surface area (Å²) in [6, 6.07) is 8.45. The third kappa shape index (κ3) is 9.87. The minimum atomic E-state index is -3.95. The number of nitrogens with one attached hydrogen (secondary N) is 1. The highest BCUT2D eigenvalue weighted by atomic mass is 32.2. The van der Waals surface area contributed by atoms with E-state index in [1.54, 1.807) is 30.3 Å². The van der Waals surface area contributed by atoms with Gasteiger partial charge in [-0.15, -0.1) is 0 Å². The van der Waals surface area contributed by atoms with Crippen molar-refractivity contribution in [3.05, 3.63) is 35.9 Å². The molecular weight excluding hydrogens is 490 g/mol. The van der Waals surface area contributed by atoms with E-state index in [1.807, 2.05) is 0 Å². The zero-order valence-electron chi connectivity index (χ0n) is 21.1. The molecule has 0 saturated heterocycles. The van der Waals surface area contributed by atoms with Gasteiger partial charge >= 0.3 is 11.9 Å². The van der Waals surface area contributed by atoms with E-state index < -0.39 is 46.5 Å². The van der Waals surface area contributed by atoms with Crippen LogP contribution in [-0.2, 0) is 38.2 Å². The summed E-state index contributed by atoms with van der Waals surface area (Å²) >= 11 is 0. The molecule has 10 nitrogen and oxygen atoms in total. The Kier molecular flexibility index (Phi) is 11.3. The number of carbonyl (C=O) groups is 3. The van der Waals surface area contributed by atoms with Gasteiger partial charge in [0.05, 0.1) is 18.3 Å². The van der Waals surface area contributed by atoms with Crippen molar-refractivity contribution in [3.63, 3.8) is 0 Å². The van der Waals surface area contributed by atoms with Crippen molar-refractivity contribution < 1.29 is 41.6 Å². The lowest BCUT2D eigenvalue weighted by Crippen LogP contribution is -2.42. The first kappa shape index (κ1) is 29.7. The van der Waals surface area contributed by atoms with E-state index in [1.165, 1.54) is 20.8 Å². The van der Waals surface area contributed by atoms with Gasteiger partial charge < -0.3 is 19.9 Å². The Morgan fingerprint density at radius 2 is 1.72 bits per heavy atom. The van der Waals surface area contributed by atoms with Gasteiger partial charge in [0.1, 0.15) is 0 Å². The largest absolute Gasteiger partial charge is 0.420 e. The fraction of sp³-hybridized carbons (Fsp3) is 0.640. The molecule has 36 heavy (non-hydrogen) atoms. The number of hydrogen-bond acceptors (Lipinski definition) is 9. The van der Waals surface area contributed by atoms with E-state index >= 15 is 0 Å². The van der Waals surface area contributed by atoms with Crippen molar-refractivity contribution in [1.82, 2.24) is 5.32 Å². The summed E-state index contributed by atoms with van der Waals surface area (Å²) in [5, 5.41) is 13.2. The molecule has 2 atom stereocenters. The van der Waals surface area contributed by atoms with Crippen molar-refractivity contribution in [1.29, 1.82) is 0 Å². The maximum Gasteiger partial charge on any atom is 0.338 e. The second kappa shape index (κ2) is 13.7. The topological polar surface area (TPSA) is 145 Å². The molecule has 0 bridgehead atoms. The second-order valence-electron chi connectivity index (χ2n) is 9.70. The molecule has 1 amide bonds. The van der Waals surface area contributed by atoms with Crippen LogP contribution in [0.3, 0.4) is 0 Å². The third-order valence-corrected chi connectivity index (χ3v) is 7.24. The average Bonchev–Trinajstić information content (AvgIpc) is 2.85. The summed E-state index contributed by atoms with van der Waals surface area (Å²) in [5.74, 6) is -2.41. The first-order valence-corrected chi connectivity index (χ1v) is 13.7. The summed E-state index contributed by atoms with van der Waals surface area (Å²) in [5.41, 5.74) is -0.908. The zero-order valence-corrected chi connectivity index (χ0v) is 21.9. The molecule has 1 fully saturated rings. The molecule has 1 aliphatic rings. The Bertz CT molecular complexity index is 973. The molecule has 0 radical (unpaired) electrons. The molecule has 1 aromatic rings. The molecule has 11 heteroatoms. The van der Waals surface area contributed by atoms with Crippen LogP contribution in [0.2, 0.25) is 0 Å². The highest BCUT2D eigenvalue weighted by Gasteiger charge is 2.39. The fourth-order valence-corrected chi connectivity index (χ4v) is 4.79. The zero-order chi connectivity index (χ0) is 26.8. The standard InChI is InChI=1S/C25H37NO9S/c1-18(27)26-15-10-16-36(31,32)33-17-25(2,3)21(28)23(30)35-24(20-13-8-5-9-14-20)34-22(29)19-11-6-4-7-12-19/h5,8-9,13-14,19,21,24,28H,4,6-7,10-12,15-17H2,1-3H3,(H,26,27)/t21-,24?/m0/s1. The summed E-state index contributed by atoms with van der Waals surface area (Å²) in [7, 11) is -3.95. The van der Waals surface area contributed by atoms with E-state index in [4.69, 9.17) is 13.7 Å². The normalized spacial score (nSPS) is 16.6. The molecule has 1 saturated carbocycles. The van der Waals surface area contributed by atoms with E-state index in [0.29, 0.717) is 18.4 Å². The van der Waals surface area contributed by atoms with E-state index in [2.05, 4.69) is 5.32 Å². The van der Waals surface area contributed by atoms with Gasteiger partial charge in [0.15, 0.2) is 6.10 Å². The van der Waals surface area contributed by atoms with Crippen molar-refractivity contribution in [2.75, 3.05) is 18.9 Å². The van der Waals surface area contributed by atoms with Gasteiger partial charge in [0.25, 0.3) is 16.4 Å². The van der Waals surface area contributed by atoms with Crippen LogP contribution < -0.4 is 5.32 Å². The number of aliphatic hydroxyl groups is 1. The van der Waals surface area contributed by atoms with Crippen LogP contribution in [0.1, 0.15) is 71.1 Å². The summed E-state index contributed by atoms with van der Waals surface area (Å²) < 4.78 is 40.3. The van der Waals surface area contributed by atoms with Crippen LogP contribution in [0.25, 0.3) is 0 Å². The Hall–Kier alpha value is -2.50. The first-order chi connectivity index (χ1) is 16.9. The number of esters is 2. The van der Waals surface area contributed by atoms with Gasteiger partial charge in [-0.1, -0.05) is 63.4 Å². The molecule has 0 aliphatic heterocycles. The van der Waals surface area contributed by atoms with Crippen molar-refractivity contribution in [2.24, 2.45) is 11.3 Å². The first-order valence-electron chi connectivity index (χ1n) is 12.2. The number of rotatable bonds is 13. The van der Waals surface area contributed by atoms with Gasteiger partial charge in [0.2, 0.25) is 5.91 Å². The molecule has 1 unspecified atom stereocenters. The maximum absolute atomic E-state index is 12.8. The highest BCUT2D eigenvalue weighted by Crippen LogP contribution is 2.30. The molecule has 202 valence electrons. The monoisotopic (exact) mass is 527 g/mol. The summed E-state index contributed by atoms with van der Waals surface area (Å²) in [6.45, 7) is 3.93. The number of aliphatic hydroxyl groups excluding tert-OH is 1. The lowest BCUT2D eigenvalue weighted by Gasteiger charge is -2.30. The maximum atomic E-state index is 12.8. The van der Waals surface area contributed by atoms with E-state index in [9.17, 15) is 27.9 Å². The van der Waals surface area contributed by atoms with E-state index in [-0.39, 0.29) is 30.5 Å². The predicted molar refractivity (Wildman–Crippen MR) is 131 cm³/mol. The minimum Gasteiger partial charge on any atom is -0.420 e. The second-order valence-corrected chi connectivity index (χ2v) is 11.5. The fourth-order valence-electron chi connectivity index (χ4n) is 3.69. The smallest absolute Gasteiger partial charge is 0.338 e. The van der Waals surface area contributed by atoms with Gasteiger partial charge in [-0.2, -0.15) is 8.42 Å². The molecule has 0 heterocycles. The van der Waals surface area contributed by atoms with Crippen LogP contribution in [0.4, 0.5) is 0 Å². The lowest BCUT2D eigenvalue weighted by molar-refractivity contribution is -0.203. The average molecular weight is 528 g/mol. The van der Waals surface area contributed by atoms with Gasteiger partial charge in [-0.3, -0.25) is 13.8 Å². The van der Waals surface area contributed by atoms with Gasteiger partial charge in [-0.05, 0) is 19.3 Å². The van der Waals surface area contributed by atoms with Crippen molar-refractivity contribution in [2.45, 2.75) is 71.7 Å². The number of ether oxygens (including phenoxy) is 2. The summed E-state index contributed by atoms with van der Waals surface area (Å²) in [6.07, 6.45) is 1.38. The van der Waals surface area contributed by atoms with Crippen molar-refractivity contribution in [3.8, 4) is 0 Å². The number of carbonyl (C=O) groups excluding carboxylic acids is 3. The Balaban J connectivity index is 1.99. The van der Waals surface area contributed by atoms with Crippen LogP contribution in [0.5, 0.6) is 0 Å². The molecular formula is C25H37NO9S. The lowest BCUT2D eigenvalue weighted by atomic mass is 9.87. The summed E-state index contributed by atoms with van der Waals surface area (Å²) in [4.78, 5) is 36.4. The SMILES string of the molecule is CC(=O)NCCCS(=O)(=O)OCC(C)(C)[C@@H](O)C(=O)OC(OC(=O)C1CCCCC1)c1ccccc1. The Morgan fingerprint density at radius 1 is 1.08 bits per heavy atom. The van der Waals surface area contributed by atoms with Crippen LogP contribution in [-0.4, -0.2) is 56.4 Å². The molecule has 2 N–H and O–H groups in total. The number of amides is 1. The highest BCUT2D eigenvalue weighted by molar-refractivity contribution is 7.86. The third-order valence-electron chi connectivity index (χ3n) is 5.98. The molecule has 2 rings (SSSR count). The van der Waals surface area contributed by atoms with Crippen LogP contribution in [0.15, 0.2) is 30.3 Å². The Morgan fingerprint density at radius 3 is 2.33 bits per heavy atom. The molecule has 0 aromatic heterocycles. The van der Waals surface area contributed by atoms with E-state index in [0.717, 1.165) is 19.3 Å². The quantitative estimate of drug-likeness (QED) is 0.171. The predicted octanol–water partition coefficient (Wildman–Crippen LogP) is 2.61. The molecule has 0 spiro atoms. The minimum absolute atomic E-state index is 0.151. The number of benzene rings is 1. The van der Waals surface area contributed by atoms with Crippen LogP contribution in [0, 0.1) is 11.3 Å². The van der Waals surface area contributed by atoms with Crippen molar-refractivity contribution >= 4 is 28.0 Å².